The molecule has 2 fully saturated rings. The average Bonchev–Trinajstić information content (AvgIpc) is 3.38. The van der Waals surface area contributed by atoms with E-state index in [0.717, 1.165) is 16.7 Å². The van der Waals surface area contributed by atoms with Gasteiger partial charge in [0.25, 0.3) is 0 Å². The summed E-state index contributed by atoms with van der Waals surface area (Å²) >= 11 is 0. The Bertz CT molecular complexity index is 1090. The molecule has 2 aliphatic heterocycles. The highest BCUT2D eigenvalue weighted by molar-refractivity contribution is 5.66. The van der Waals surface area contributed by atoms with Crippen LogP contribution >= 0.6 is 0 Å². The molecule has 0 unspecified atom stereocenters. The van der Waals surface area contributed by atoms with Crippen molar-refractivity contribution in [2.75, 3.05) is 6.61 Å². The van der Waals surface area contributed by atoms with Crippen molar-refractivity contribution < 1.29 is 33.6 Å². The lowest BCUT2D eigenvalue weighted by molar-refractivity contribution is -0.233. The lowest BCUT2D eigenvalue weighted by atomic mass is 9.80. The third-order valence-corrected chi connectivity index (χ3v) is 6.72. The third-order valence-electron chi connectivity index (χ3n) is 6.72. The predicted molar refractivity (Wildman–Crippen MR) is 135 cm³/mol. The second-order valence-corrected chi connectivity index (χ2v) is 9.80. The maximum Gasteiger partial charge on any atom is 0.303 e. The molecule has 0 radical (unpaired) electrons. The van der Waals surface area contributed by atoms with Crippen LogP contribution in [0.1, 0.15) is 37.5 Å². The van der Waals surface area contributed by atoms with Gasteiger partial charge in [0.2, 0.25) is 0 Å². The molecular weight excluding hydrogens is 472 g/mol. The van der Waals surface area contributed by atoms with Crippen LogP contribution < -0.4 is 0 Å². The Labute approximate surface area is 216 Å². The summed E-state index contributed by atoms with van der Waals surface area (Å²) in [5, 5.41) is 11.4. The van der Waals surface area contributed by atoms with Crippen molar-refractivity contribution in [2.45, 2.75) is 62.9 Å². The predicted octanol–water partition coefficient (Wildman–Crippen LogP) is 4.16. The Hall–Kier alpha value is -3.07. The van der Waals surface area contributed by atoms with E-state index in [0.29, 0.717) is 0 Å². The van der Waals surface area contributed by atoms with Gasteiger partial charge in [0.1, 0.15) is 17.8 Å². The molecule has 0 aromatic heterocycles. The first-order valence-corrected chi connectivity index (χ1v) is 12.5. The molecule has 0 bridgehead atoms. The van der Waals surface area contributed by atoms with E-state index in [-0.39, 0.29) is 6.61 Å². The third kappa shape index (κ3) is 5.06. The van der Waals surface area contributed by atoms with Gasteiger partial charge in [-0.1, -0.05) is 91.0 Å². The quantitative estimate of drug-likeness (QED) is 0.364. The number of ether oxygens (including phenoxy) is 5. The zero-order valence-electron chi connectivity index (χ0n) is 21.2. The summed E-state index contributed by atoms with van der Waals surface area (Å²) < 4.78 is 30.1. The van der Waals surface area contributed by atoms with Crippen LogP contribution in [0, 0.1) is 0 Å². The largest absolute Gasteiger partial charge is 0.457 e. The molecule has 0 aliphatic carbocycles. The molecule has 3 aromatic rings. The van der Waals surface area contributed by atoms with Crippen LogP contribution in [0.25, 0.3) is 0 Å². The highest BCUT2D eigenvalue weighted by atomic mass is 16.8. The first kappa shape index (κ1) is 25.6. The minimum Gasteiger partial charge on any atom is -0.457 e. The van der Waals surface area contributed by atoms with Crippen LogP contribution in [-0.4, -0.2) is 54.2 Å². The molecule has 0 spiro atoms. The Morgan fingerprint density at radius 3 is 1.84 bits per heavy atom. The van der Waals surface area contributed by atoms with Crippen LogP contribution in [-0.2, 0) is 34.1 Å². The standard InChI is InChI=1S/C30H32O7/c1-20(31)34-26-25(35-28-27(26)36-29(2,3)37-28)24(32)19-33-30(21-13-7-4-8-14-21,22-15-9-5-10-16-22)23-17-11-6-12-18-23/h4-18,24-28,32H,19H2,1-3H3/t24-,25+,26-,27-,28-/m1/s1. The second-order valence-electron chi connectivity index (χ2n) is 9.80. The molecule has 1 N–H and O–H groups in total. The van der Waals surface area contributed by atoms with E-state index in [4.69, 9.17) is 23.7 Å². The summed E-state index contributed by atoms with van der Waals surface area (Å²) in [4.78, 5) is 11.9. The van der Waals surface area contributed by atoms with Crippen molar-refractivity contribution in [3.8, 4) is 0 Å². The molecule has 37 heavy (non-hydrogen) atoms. The lowest BCUT2D eigenvalue weighted by Gasteiger charge is -2.37. The Morgan fingerprint density at radius 1 is 0.892 bits per heavy atom. The van der Waals surface area contributed by atoms with Gasteiger partial charge in [-0.15, -0.1) is 0 Å². The van der Waals surface area contributed by atoms with Crippen LogP contribution in [0.15, 0.2) is 91.0 Å². The maximum atomic E-state index is 11.9. The van der Waals surface area contributed by atoms with Gasteiger partial charge < -0.3 is 28.8 Å². The number of rotatable bonds is 8. The van der Waals surface area contributed by atoms with Crippen LogP contribution in [0.2, 0.25) is 0 Å². The minimum atomic E-state index is -1.14. The summed E-state index contributed by atoms with van der Waals surface area (Å²) in [6.45, 7) is 4.74. The van der Waals surface area contributed by atoms with Gasteiger partial charge in [0.05, 0.1) is 6.61 Å². The maximum absolute atomic E-state index is 11.9. The molecule has 7 nitrogen and oxygen atoms in total. The van der Waals surface area contributed by atoms with Crippen molar-refractivity contribution in [3.05, 3.63) is 108 Å². The molecule has 7 heteroatoms. The molecule has 0 amide bonds. The first-order valence-electron chi connectivity index (χ1n) is 12.5. The number of esters is 1. The number of fused-ring (bicyclic) bond motifs is 1. The van der Waals surface area contributed by atoms with Crippen molar-refractivity contribution in [2.24, 2.45) is 0 Å². The van der Waals surface area contributed by atoms with Crippen molar-refractivity contribution in [1.29, 1.82) is 0 Å². The van der Waals surface area contributed by atoms with E-state index in [1.54, 1.807) is 13.8 Å². The van der Waals surface area contributed by atoms with Gasteiger partial charge in [-0.25, -0.2) is 0 Å². The summed E-state index contributed by atoms with van der Waals surface area (Å²) in [7, 11) is 0. The Balaban J connectivity index is 1.48. The molecule has 0 saturated carbocycles. The smallest absolute Gasteiger partial charge is 0.303 e. The van der Waals surface area contributed by atoms with Crippen molar-refractivity contribution in [1.82, 2.24) is 0 Å². The minimum absolute atomic E-state index is 0.107. The number of aliphatic hydroxyl groups excluding tert-OH is 1. The van der Waals surface area contributed by atoms with E-state index in [2.05, 4.69) is 0 Å². The number of aliphatic hydroxyl groups is 1. The Morgan fingerprint density at radius 2 is 1.38 bits per heavy atom. The summed E-state index contributed by atoms with van der Waals surface area (Å²) in [6, 6.07) is 29.7. The number of hydrogen-bond donors (Lipinski definition) is 1. The Kier molecular flexibility index (Phi) is 7.16. The second kappa shape index (κ2) is 10.4. The summed E-state index contributed by atoms with van der Waals surface area (Å²) in [5.74, 6) is -1.38. The van der Waals surface area contributed by atoms with E-state index < -0.39 is 48.1 Å². The molecule has 2 heterocycles. The number of carbonyl (C=O) groups excluding carboxylic acids is 1. The molecule has 5 atom stereocenters. The molecule has 194 valence electrons. The molecule has 2 saturated heterocycles. The van der Waals surface area contributed by atoms with Gasteiger partial charge in [-0.2, -0.15) is 0 Å². The fourth-order valence-electron chi connectivity index (χ4n) is 5.21. The zero-order chi connectivity index (χ0) is 26.0. The number of carbonyl (C=O) groups is 1. The van der Waals surface area contributed by atoms with Crippen LogP contribution in [0.5, 0.6) is 0 Å². The van der Waals surface area contributed by atoms with E-state index >= 15 is 0 Å². The van der Waals surface area contributed by atoms with Gasteiger partial charge in [-0.05, 0) is 30.5 Å². The number of hydrogen-bond acceptors (Lipinski definition) is 7. The van der Waals surface area contributed by atoms with Gasteiger partial charge in [-0.3, -0.25) is 4.79 Å². The van der Waals surface area contributed by atoms with Crippen molar-refractivity contribution in [3.63, 3.8) is 0 Å². The lowest BCUT2D eigenvalue weighted by Crippen LogP contribution is -2.46. The SMILES string of the molecule is CC(=O)O[C@@H]1[C@H]([C@H](O)COC(c2ccccc2)(c2ccccc2)c2ccccc2)O[C@@H]2OC(C)(C)O[C@@H]21. The number of benzene rings is 3. The van der Waals surface area contributed by atoms with Crippen LogP contribution in [0.3, 0.4) is 0 Å². The van der Waals surface area contributed by atoms with E-state index in [1.165, 1.54) is 6.92 Å². The van der Waals surface area contributed by atoms with Crippen molar-refractivity contribution >= 4 is 5.97 Å². The fourth-order valence-corrected chi connectivity index (χ4v) is 5.21. The van der Waals surface area contributed by atoms with E-state index in [1.807, 2.05) is 91.0 Å². The normalized spacial score (nSPS) is 25.4. The summed E-state index contributed by atoms with van der Waals surface area (Å²) in [5.41, 5.74) is 1.72. The topological polar surface area (TPSA) is 83.5 Å². The first-order chi connectivity index (χ1) is 17.8. The highest BCUT2D eigenvalue weighted by Crippen LogP contribution is 2.42. The molecule has 3 aromatic carbocycles. The molecular formula is C30H32O7. The van der Waals surface area contributed by atoms with E-state index in [9.17, 15) is 9.90 Å². The van der Waals surface area contributed by atoms with Gasteiger partial charge in [0.15, 0.2) is 24.3 Å². The monoisotopic (exact) mass is 504 g/mol. The zero-order valence-corrected chi connectivity index (χ0v) is 21.2. The highest BCUT2D eigenvalue weighted by Gasteiger charge is 2.58. The van der Waals surface area contributed by atoms with Gasteiger partial charge >= 0.3 is 5.97 Å². The average molecular weight is 505 g/mol. The molecule has 2 aliphatic rings. The van der Waals surface area contributed by atoms with Crippen LogP contribution in [0.4, 0.5) is 0 Å². The fraction of sp³-hybridized carbons (Fsp3) is 0.367. The van der Waals surface area contributed by atoms with Gasteiger partial charge in [0, 0.05) is 6.92 Å². The summed E-state index contributed by atoms with van der Waals surface area (Å²) in [6.07, 6.45) is -4.29. The molecule has 5 rings (SSSR count).